The van der Waals surface area contributed by atoms with Gasteiger partial charge in [-0.05, 0) is 49.9 Å². The first-order valence-corrected chi connectivity index (χ1v) is 7.59. The maximum absolute atomic E-state index is 12.1. The molecule has 108 valence electrons. The number of Topliss-reactive ketones (excluding diaryl/α,β-unsaturated/α-hetero) is 1. The Balaban J connectivity index is 2.30. The lowest BCUT2D eigenvalue weighted by Gasteiger charge is -2.30. The predicted octanol–water partition coefficient (Wildman–Crippen LogP) is 3.58. The highest BCUT2D eigenvalue weighted by molar-refractivity contribution is 6.33. The summed E-state index contributed by atoms with van der Waals surface area (Å²) in [5, 5.41) is -0.519. The van der Waals surface area contributed by atoms with Gasteiger partial charge in [-0.2, -0.15) is 0 Å². The molecule has 0 spiro atoms. The van der Waals surface area contributed by atoms with Crippen LogP contribution in [0.2, 0.25) is 0 Å². The third-order valence-corrected chi connectivity index (χ3v) is 3.81. The Hall–Kier alpha value is -1.35. The lowest BCUT2D eigenvalue weighted by molar-refractivity contribution is -0.118. The Morgan fingerprint density at radius 2 is 2.15 bits per heavy atom. The third kappa shape index (κ3) is 3.04. The zero-order chi connectivity index (χ0) is 14.7. The second kappa shape index (κ2) is 6.40. The van der Waals surface area contributed by atoms with Crippen molar-refractivity contribution in [3.05, 3.63) is 29.3 Å². The highest BCUT2D eigenvalue weighted by atomic mass is 35.5. The Morgan fingerprint density at radius 3 is 2.80 bits per heavy atom. The molecule has 1 aromatic rings. The number of rotatable bonds is 4. The largest absolute Gasteiger partial charge is 0.312 e. The fourth-order valence-corrected chi connectivity index (χ4v) is 2.71. The van der Waals surface area contributed by atoms with Gasteiger partial charge in [0.1, 0.15) is 0 Å². The van der Waals surface area contributed by atoms with Crippen LogP contribution in [0.5, 0.6) is 0 Å². The van der Waals surface area contributed by atoms with Gasteiger partial charge in [0.15, 0.2) is 5.78 Å². The lowest BCUT2D eigenvalue weighted by Crippen LogP contribution is -2.35. The van der Waals surface area contributed by atoms with Gasteiger partial charge in [0.25, 0.3) is 0 Å². The molecule has 3 nitrogen and oxygen atoms in total. The van der Waals surface area contributed by atoms with Crippen LogP contribution in [0.3, 0.4) is 0 Å². The van der Waals surface area contributed by atoms with Crippen LogP contribution in [0.15, 0.2) is 18.2 Å². The van der Waals surface area contributed by atoms with Gasteiger partial charge >= 0.3 is 0 Å². The van der Waals surface area contributed by atoms with Gasteiger partial charge < -0.3 is 4.90 Å². The summed E-state index contributed by atoms with van der Waals surface area (Å²) < 4.78 is 0. The SMILES string of the molecule is CCCC(=O)N1CCCc2cc(C(=O)C(C)Cl)ccc21. The van der Waals surface area contributed by atoms with E-state index in [-0.39, 0.29) is 11.7 Å². The Kier molecular flexibility index (Phi) is 4.81. The number of aryl methyl sites for hydroxylation is 1. The van der Waals surface area contributed by atoms with Crippen molar-refractivity contribution in [2.45, 2.75) is 44.9 Å². The van der Waals surface area contributed by atoms with E-state index in [1.54, 1.807) is 13.0 Å². The second-order valence-corrected chi connectivity index (χ2v) is 5.88. The number of benzene rings is 1. The van der Waals surface area contributed by atoms with Crippen LogP contribution in [0.4, 0.5) is 5.69 Å². The summed E-state index contributed by atoms with van der Waals surface area (Å²) in [5.41, 5.74) is 2.66. The third-order valence-electron chi connectivity index (χ3n) is 3.61. The van der Waals surface area contributed by atoms with Crippen molar-refractivity contribution >= 4 is 29.0 Å². The van der Waals surface area contributed by atoms with E-state index in [1.807, 2.05) is 24.0 Å². The van der Waals surface area contributed by atoms with E-state index in [9.17, 15) is 9.59 Å². The van der Waals surface area contributed by atoms with Gasteiger partial charge in [0.2, 0.25) is 5.91 Å². The average molecular weight is 294 g/mol. The Morgan fingerprint density at radius 1 is 1.40 bits per heavy atom. The van der Waals surface area contributed by atoms with Crippen LogP contribution in [0.25, 0.3) is 0 Å². The average Bonchev–Trinajstić information content (AvgIpc) is 2.45. The molecule has 0 fully saturated rings. The molecule has 4 heteroatoms. The number of carbonyl (C=O) groups excluding carboxylic acids is 2. The number of carbonyl (C=O) groups is 2. The topological polar surface area (TPSA) is 37.4 Å². The summed E-state index contributed by atoms with van der Waals surface area (Å²) in [7, 11) is 0. The number of halogens is 1. The molecular weight excluding hydrogens is 274 g/mol. The number of anilines is 1. The molecule has 20 heavy (non-hydrogen) atoms. The standard InChI is InChI=1S/C16H20ClNO2/c1-3-5-15(19)18-9-4-6-12-10-13(7-8-14(12)18)16(20)11(2)17/h7-8,10-11H,3-6,9H2,1-2H3. The Labute approximate surface area is 124 Å². The monoisotopic (exact) mass is 293 g/mol. The van der Waals surface area contributed by atoms with Crippen LogP contribution >= 0.6 is 11.6 Å². The highest BCUT2D eigenvalue weighted by Gasteiger charge is 2.23. The van der Waals surface area contributed by atoms with Crippen molar-refractivity contribution in [3.63, 3.8) is 0 Å². The fourth-order valence-electron chi connectivity index (χ4n) is 2.59. The number of hydrogen-bond acceptors (Lipinski definition) is 2. The van der Waals surface area contributed by atoms with Gasteiger partial charge in [-0.25, -0.2) is 0 Å². The van der Waals surface area contributed by atoms with Crippen molar-refractivity contribution in [3.8, 4) is 0 Å². The van der Waals surface area contributed by atoms with Crippen molar-refractivity contribution in [1.82, 2.24) is 0 Å². The van der Waals surface area contributed by atoms with E-state index < -0.39 is 5.38 Å². The molecular formula is C16H20ClNO2. The molecule has 1 aliphatic heterocycles. The molecule has 1 unspecified atom stereocenters. The van der Waals surface area contributed by atoms with Crippen LogP contribution in [0, 0.1) is 0 Å². The van der Waals surface area contributed by atoms with E-state index in [0.29, 0.717) is 12.0 Å². The molecule has 1 atom stereocenters. The van der Waals surface area contributed by atoms with Gasteiger partial charge in [-0.3, -0.25) is 9.59 Å². The molecule has 0 saturated carbocycles. The van der Waals surface area contributed by atoms with Gasteiger partial charge in [0, 0.05) is 24.2 Å². The quantitative estimate of drug-likeness (QED) is 0.628. The van der Waals surface area contributed by atoms with E-state index in [1.165, 1.54) is 0 Å². The molecule has 0 aromatic heterocycles. The van der Waals surface area contributed by atoms with Crippen LogP contribution in [0.1, 0.15) is 49.0 Å². The molecule has 0 N–H and O–H groups in total. The number of nitrogens with zero attached hydrogens (tertiary/aromatic N) is 1. The van der Waals surface area contributed by atoms with Gasteiger partial charge in [-0.15, -0.1) is 11.6 Å². The fraction of sp³-hybridized carbons (Fsp3) is 0.500. The zero-order valence-corrected chi connectivity index (χ0v) is 12.7. The molecule has 0 aliphatic carbocycles. The molecule has 0 saturated heterocycles. The minimum Gasteiger partial charge on any atom is -0.312 e. The normalized spacial score (nSPS) is 15.7. The van der Waals surface area contributed by atoms with Gasteiger partial charge in [-0.1, -0.05) is 6.92 Å². The molecule has 1 aliphatic rings. The maximum Gasteiger partial charge on any atom is 0.226 e. The maximum atomic E-state index is 12.1. The summed E-state index contributed by atoms with van der Waals surface area (Å²) in [6.07, 6.45) is 3.27. The molecule has 0 radical (unpaired) electrons. The van der Waals surface area contributed by atoms with Crippen molar-refractivity contribution in [1.29, 1.82) is 0 Å². The summed E-state index contributed by atoms with van der Waals surface area (Å²) in [4.78, 5) is 25.9. The molecule has 1 aromatic carbocycles. The summed E-state index contributed by atoms with van der Waals surface area (Å²) in [5.74, 6) is 0.102. The van der Waals surface area contributed by atoms with Crippen LogP contribution in [-0.4, -0.2) is 23.6 Å². The smallest absolute Gasteiger partial charge is 0.226 e. The first-order chi connectivity index (χ1) is 9.54. The zero-order valence-electron chi connectivity index (χ0n) is 12.0. The molecule has 1 heterocycles. The van der Waals surface area contributed by atoms with Crippen LogP contribution < -0.4 is 4.90 Å². The van der Waals surface area contributed by atoms with E-state index in [4.69, 9.17) is 11.6 Å². The minimum absolute atomic E-state index is 0.0634. The first-order valence-electron chi connectivity index (χ1n) is 7.16. The van der Waals surface area contributed by atoms with Crippen molar-refractivity contribution < 1.29 is 9.59 Å². The van der Waals surface area contributed by atoms with E-state index in [0.717, 1.165) is 37.1 Å². The number of fused-ring (bicyclic) bond motifs is 1. The van der Waals surface area contributed by atoms with Crippen molar-refractivity contribution in [2.75, 3.05) is 11.4 Å². The number of hydrogen-bond donors (Lipinski definition) is 0. The number of ketones is 1. The van der Waals surface area contributed by atoms with Crippen LogP contribution in [-0.2, 0) is 11.2 Å². The number of alkyl halides is 1. The molecule has 0 bridgehead atoms. The predicted molar refractivity (Wildman–Crippen MR) is 81.7 cm³/mol. The lowest BCUT2D eigenvalue weighted by atomic mass is 9.96. The molecule has 1 amide bonds. The van der Waals surface area contributed by atoms with Gasteiger partial charge in [0.05, 0.1) is 5.38 Å². The minimum atomic E-state index is -0.519. The second-order valence-electron chi connectivity index (χ2n) is 5.22. The summed E-state index contributed by atoms with van der Waals surface area (Å²) >= 11 is 5.85. The molecule has 2 rings (SSSR count). The first kappa shape index (κ1) is 15.0. The summed E-state index contributed by atoms with van der Waals surface area (Å²) in [6.45, 7) is 4.46. The van der Waals surface area contributed by atoms with E-state index in [2.05, 4.69) is 0 Å². The Bertz CT molecular complexity index is 525. The summed E-state index contributed by atoms with van der Waals surface area (Å²) in [6, 6.07) is 5.55. The van der Waals surface area contributed by atoms with Crippen molar-refractivity contribution in [2.24, 2.45) is 0 Å². The number of amides is 1. The van der Waals surface area contributed by atoms with E-state index >= 15 is 0 Å². The highest BCUT2D eigenvalue weighted by Crippen LogP contribution is 2.29.